The summed E-state index contributed by atoms with van der Waals surface area (Å²) in [7, 11) is 0. The first-order valence-corrected chi connectivity index (χ1v) is 9.03. The topological polar surface area (TPSA) is 83.4 Å². The average molecular weight is 366 g/mol. The Morgan fingerprint density at radius 3 is 2.74 bits per heavy atom. The highest BCUT2D eigenvalue weighted by Crippen LogP contribution is 2.16. The highest BCUT2D eigenvalue weighted by molar-refractivity contribution is 6.03. The van der Waals surface area contributed by atoms with E-state index in [1.54, 1.807) is 12.5 Å². The van der Waals surface area contributed by atoms with E-state index in [-0.39, 0.29) is 5.91 Å². The van der Waals surface area contributed by atoms with Gasteiger partial charge >= 0.3 is 0 Å². The maximum Gasteiger partial charge on any atom is 0.273 e. The van der Waals surface area contributed by atoms with Crippen LogP contribution in [0.2, 0.25) is 0 Å². The van der Waals surface area contributed by atoms with Crippen LogP contribution in [0.4, 0.5) is 5.69 Å². The first-order valence-electron chi connectivity index (χ1n) is 9.03. The minimum atomic E-state index is -0.213. The van der Waals surface area contributed by atoms with Crippen LogP contribution in [0.1, 0.15) is 27.4 Å². The van der Waals surface area contributed by atoms with Gasteiger partial charge in [0, 0.05) is 37.3 Å². The number of nitrogens with zero attached hydrogens (tertiary/aromatic N) is 2. The maximum atomic E-state index is 12.6. The van der Waals surface area contributed by atoms with Crippen molar-refractivity contribution in [2.24, 2.45) is 0 Å². The van der Waals surface area contributed by atoms with Crippen molar-refractivity contribution in [3.63, 3.8) is 0 Å². The number of ether oxygens (including phenoxy) is 1. The van der Waals surface area contributed by atoms with Crippen LogP contribution in [0.15, 0.2) is 53.3 Å². The van der Waals surface area contributed by atoms with Crippen LogP contribution in [0.5, 0.6) is 0 Å². The molecule has 0 radical (unpaired) electrons. The summed E-state index contributed by atoms with van der Waals surface area (Å²) in [6, 6.07) is 11.6. The number of carbonyl (C=O) groups excluding carboxylic acids is 1. The molecule has 2 N–H and O–H groups in total. The fraction of sp³-hybridized carbons (Fsp3) is 0.300. The molecule has 27 heavy (non-hydrogen) atoms. The first-order chi connectivity index (χ1) is 13.3. The number of H-pyrrole nitrogens is 1. The molecule has 0 spiro atoms. The van der Waals surface area contributed by atoms with E-state index in [4.69, 9.17) is 9.15 Å². The molecule has 2 aromatic heterocycles. The Balaban J connectivity index is 1.37. The molecule has 7 nitrogen and oxygen atoms in total. The lowest BCUT2D eigenvalue weighted by Gasteiger charge is -2.26. The second-order valence-electron chi connectivity index (χ2n) is 6.57. The van der Waals surface area contributed by atoms with Crippen molar-refractivity contribution in [2.75, 3.05) is 31.6 Å². The van der Waals surface area contributed by atoms with E-state index in [0.29, 0.717) is 12.1 Å². The van der Waals surface area contributed by atoms with Gasteiger partial charge in [0.1, 0.15) is 11.5 Å². The van der Waals surface area contributed by atoms with Crippen LogP contribution < -0.4 is 5.32 Å². The molecular formula is C20H22N4O3. The molecule has 1 aliphatic rings. The number of benzene rings is 1. The Morgan fingerprint density at radius 2 is 2.00 bits per heavy atom. The summed E-state index contributed by atoms with van der Waals surface area (Å²) in [5.41, 5.74) is 3.22. The highest BCUT2D eigenvalue weighted by atomic mass is 16.5. The molecule has 140 valence electrons. The Labute approximate surface area is 157 Å². The average Bonchev–Trinajstić information content (AvgIpc) is 3.37. The van der Waals surface area contributed by atoms with Crippen LogP contribution in [-0.2, 0) is 17.7 Å². The lowest BCUT2D eigenvalue weighted by atomic mass is 10.1. The minimum Gasteiger partial charge on any atom is -0.469 e. The minimum absolute atomic E-state index is 0.213. The zero-order valence-electron chi connectivity index (χ0n) is 15.0. The molecule has 1 fully saturated rings. The molecule has 0 aliphatic carbocycles. The van der Waals surface area contributed by atoms with Crippen molar-refractivity contribution in [2.45, 2.75) is 13.0 Å². The van der Waals surface area contributed by atoms with Crippen LogP contribution in [0.3, 0.4) is 0 Å². The van der Waals surface area contributed by atoms with Gasteiger partial charge in [0.25, 0.3) is 5.91 Å². The van der Waals surface area contributed by atoms with Gasteiger partial charge in [0.2, 0.25) is 0 Å². The summed E-state index contributed by atoms with van der Waals surface area (Å²) >= 11 is 0. The van der Waals surface area contributed by atoms with E-state index < -0.39 is 0 Å². The fourth-order valence-electron chi connectivity index (χ4n) is 3.15. The summed E-state index contributed by atoms with van der Waals surface area (Å²) < 4.78 is 10.7. The molecule has 1 aliphatic heterocycles. The van der Waals surface area contributed by atoms with Crippen molar-refractivity contribution < 1.29 is 13.9 Å². The monoisotopic (exact) mass is 366 g/mol. The second-order valence-corrected chi connectivity index (χ2v) is 6.57. The van der Waals surface area contributed by atoms with Crippen molar-refractivity contribution in [1.29, 1.82) is 0 Å². The number of anilines is 1. The third-order valence-corrected chi connectivity index (χ3v) is 4.61. The molecule has 0 atom stereocenters. The molecule has 1 saturated heterocycles. The van der Waals surface area contributed by atoms with Crippen LogP contribution in [-0.4, -0.2) is 47.3 Å². The van der Waals surface area contributed by atoms with E-state index >= 15 is 0 Å². The van der Waals surface area contributed by atoms with Gasteiger partial charge in [-0.15, -0.1) is 0 Å². The van der Waals surface area contributed by atoms with Gasteiger partial charge in [0.05, 0.1) is 25.7 Å². The molecule has 1 aromatic carbocycles. The Kier molecular flexibility index (Phi) is 5.32. The molecule has 3 heterocycles. The number of aromatic nitrogens is 2. The lowest BCUT2D eigenvalue weighted by molar-refractivity contribution is 0.0342. The zero-order valence-corrected chi connectivity index (χ0v) is 15.0. The van der Waals surface area contributed by atoms with E-state index in [2.05, 4.69) is 20.4 Å². The third kappa shape index (κ3) is 4.45. The van der Waals surface area contributed by atoms with E-state index in [1.165, 1.54) is 5.56 Å². The molecular weight excluding hydrogens is 344 g/mol. The number of hydrogen-bond donors (Lipinski definition) is 2. The Morgan fingerprint density at radius 1 is 1.19 bits per heavy atom. The molecule has 0 bridgehead atoms. The normalized spacial score (nSPS) is 15.0. The van der Waals surface area contributed by atoms with E-state index in [0.717, 1.165) is 49.9 Å². The molecule has 3 aromatic rings. The predicted octanol–water partition coefficient (Wildman–Crippen LogP) is 2.68. The van der Waals surface area contributed by atoms with Crippen LogP contribution >= 0.6 is 0 Å². The second kappa shape index (κ2) is 8.20. The van der Waals surface area contributed by atoms with Crippen LogP contribution in [0, 0.1) is 0 Å². The highest BCUT2D eigenvalue weighted by Gasteiger charge is 2.16. The van der Waals surface area contributed by atoms with E-state index in [1.807, 2.05) is 36.4 Å². The van der Waals surface area contributed by atoms with Gasteiger partial charge in [-0.05, 0) is 29.8 Å². The van der Waals surface area contributed by atoms with Crippen molar-refractivity contribution in [3.05, 3.63) is 71.4 Å². The number of aromatic amines is 1. The third-order valence-electron chi connectivity index (χ3n) is 4.61. The van der Waals surface area contributed by atoms with Crippen LogP contribution in [0.25, 0.3) is 0 Å². The largest absolute Gasteiger partial charge is 0.469 e. The van der Waals surface area contributed by atoms with Gasteiger partial charge in [-0.3, -0.25) is 14.8 Å². The summed E-state index contributed by atoms with van der Waals surface area (Å²) in [4.78, 5) is 15.0. The molecule has 7 heteroatoms. The number of morpholine rings is 1. The fourth-order valence-corrected chi connectivity index (χ4v) is 3.15. The van der Waals surface area contributed by atoms with Gasteiger partial charge < -0.3 is 14.5 Å². The van der Waals surface area contributed by atoms with Gasteiger partial charge in [-0.1, -0.05) is 12.1 Å². The molecule has 1 amide bonds. The first kappa shape index (κ1) is 17.5. The summed E-state index contributed by atoms with van der Waals surface area (Å²) in [5.74, 6) is 0.577. The van der Waals surface area contributed by atoms with E-state index in [9.17, 15) is 4.79 Å². The molecule has 0 unspecified atom stereocenters. The standard InChI is InChI=1S/C20H22N4O3/c25-20(19-16(13-21-23-19)12-18-2-1-9-27-18)22-17-5-3-15(4-6-17)14-24-7-10-26-11-8-24/h1-6,9,13H,7-8,10-12,14H2,(H,21,23)(H,22,25). The summed E-state index contributed by atoms with van der Waals surface area (Å²) in [6.07, 6.45) is 3.79. The van der Waals surface area contributed by atoms with Crippen molar-refractivity contribution >= 4 is 11.6 Å². The van der Waals surface area contributed by atoms with Crippen molar-refractivity contribution in [3.8, 4) is 0 Å². The number of rotatable bonds is 6. The number of hydrogen-bond acceptors (Lipinski definition) is 5. The quantitative estimate of drug-likeness (QED) is 0.701. The van der Waals surface area contributed by atoms with Gasteiger partial charge in [-0.2, -0.15) is 5.10 Å². The number of amides is 1. The number of furan rings is 1. The SMILES string of the molecule is O=C(Nc1ccc(CN2CCOCC2)cc1)c1[nH]ncc1Cc1ccco1. The number of carbonyl (C=O) groups is 1. The number of nitrogens with one attached hydrogen (secondary N) is 2. The Bertz CT molecular complexity index is 865. The molecule has 4 rings (SSSR count). The summed E-state index contributed by atoms with van der Waals surface area (Å²) in [6.45, 7) is 4.39. The molecule has 0 saturated carbocycles. The van der Waals surface area contributed by atoms with Gasteiger partial charge in [-0.25, -0.2) is 0 Å². The zero-order chi connectivity index (χ0) is 18.5. The van der Waals surface area contributed by atoms with Gasteiger partial charge in [0.15, 0.2) is 0 Å². The smallest absolute Gasteiger partial charge is 0.273 e. The predicted molar refractivity (Wildman–Crippen MR) is 101 cm³/mol. The maximum absolute atomic E-state index is 12.6. The summed E-state index contributed by atoms with van der Waals surface area (Å²) in [5, 5.41) is 9.70. The lowest BCUT2D eigenvalue weighted by Crippen LogP contribution is -2.35. The Hall–Kier alpha value is -2.90. The van der Waals surface area contributed by atoms with Crippen molar-refractivity contribution in [1.82, 2.24) is 15.1 Å².